The van der Waals surface area contributed by atoms with E-state index in [0.717, 1.165) is 75.7 Å². The summed E-state index contributed by atoms with van der Waals surface area (Å²) in [6, 6.07) is 0. The molecule has 1 saturated heterocycles. The summed E-state index contributed by atoms with van der Waals surface area (Å²) in [6.07, 6.45) is 8.14. The quantitative estimate of drug-likeness (QED) is 0.549. The van der Waals surface area contributed by atoms with Crippen LogP contribution in [-0.4, -0.2) is 41.4 Å². The molecule has 1 aliphatic heterocycles. The molecule has 7 atom stereocenters. The number of hydrogen-bond acceptors (Lipinski definition) is 5. The van der Waals surface area contributed by atoms with Crippen molar-refractivity contribution in [3.8, 4) is 0 Å². The standard InChI is InChI=1S/C24H36N2O3/c1-15-12-18-19-4-5-21(27)22(19,2)9-7-20(18)23(3)10-6-16(13-24(15,23)28)26-29-17-8-11-25-14-17/h17-20,25,28H,1,4-14H2,2-3H3/t17?,18-,19-,20+,22-,23+,24?/m0/s1. The molecule has 0 aromatic rings. The van der Waals surface area contributed by atoms with Crippen molar-refractivity contribution >= 4 is 11.5 Å². The van der Waals surface area contributed by atoms with Gasteiger partial charge in [0.1, 0.15) is 11.9 Å². The Morgan fingerprint density at radius 3 is 2.76 bits per heavy atom. The second-order valence-corrected chi connectivity index (χ2v) is 10.9. The van der Waals surface area contributed by atoms with Gasteiger partial charge in [-0.15, -0.1) is 0 Å². The van der Waals surface area contributed by atoms with E-state index in [1.165, 1.54) is 0 Å². The van der Waals surface area contributed by atoms with Crippen LogP contribution in [-0.2, 0) is 9.63 Å². The summed E-state index contributed by atoms with van der Waals surface area (Å²) in [5.41, 5.74) is 0.706. The number of aliphatic hydroxyl groups is 1. The largest absolute Gasteiger partial charge is 0.391 e. The highest BCUT2D eigenvalue weighted by molar-refractivity contribution is 5.88. The van der Waals surface area contributed by atoms with Gasteiger partial charge in [0.05, 0.1) is 11.3 Å². The van der Waals surface area contributed by atoms with Gasteiger partial charge in [0, 0.05) is 36.6 Å². The zero-order chi connectivity index (χ0) is 20.4. The summed E-state index contributed by atoms with van der Waals surface area (Å²) in [4.78, 5) is 18.4. The highest BCUT2D eigenvalue weighted by Crippen LogP contribution is 2.67. The maximum Gasteiger partial charge on any atom is 0.141 e. The molecule has 2 N–H and O–H groups in total. The van der Waals surface area contributed by atoms with E-state index < -0.39 is 5.60 Å². The van der Waals surface area contributed by atoms with Crippen LogP contribution in [0.25, 0.3) is 0 Å². The Morgan fingerprint density at radius 2 is 2.00 bits per heavy atom. The lowest BCUT2D eigenvalue weighted by atomic mass is 9.43. The van der Waals surface area contributed by atoms with E-state index in [-0.39, 0.29) is 16.9 Å². The minimum Gasteiger partial charge on any atom is -0.391 e. The summed E-state index contributed by atoms with van der Waals surface area (Å²) in [6.45, 7) is 10.7. The lowest BCUT2D eigenvalue weighted by molar-refractivity contribution is -0.161. The van der Waals surface area contributed by atoms with Crippen LogP contribution >= 0.6 is 0 Å². The van der Waals surface area contributed by atoms with Gasteiger partial charge in [-0.05, 0) is 68.4 Å². The highest BCUT2D eigenvalue weighted by Gasteiger charge is 2.65. The number of carbonyl (C=O) groups is 1. The first-order valence-corrected chi connectivity index (χ1v) is 11.6. The number of hydrogen-bond donors (Lipinski definition) is 2. The summed E-state index contributed by atoms with van der Waals surface area (Å²) in [7, 11) is 0. The summed E-state index contributed by atoms with van der Waals surface area (Å²) in [5, 5.41) is 19.7. The fraction of sp³-hybridized carbons (Fsp3) is 0.833. The molecule has 5 heteroatoms. The molecule has 0 aromatic heterocycles. The number of nitrogens with one attached hydrogen (secondary N) is 1. The molecule has 5 rings (SSSR count). The maximum atomic E-state index is 12.6. The van der Waals surface area contributed by atoms with Crippen LogP contribution in [0.3, 0.4) is 0 Å². The zero-order valence-electron chi connectivity index (χ0n) is 18.0. The molecule has 5 nitrogen and oxygen atoms in total. The van der Waals surface area contributed by atoms with Crippen molar-refractivity contribution in [2.45, 2.75) is 83.3 Å². The topological polar surface area (TPSA) is 70.9 Å². The third kappa shape index (κ3) is 2.72. The van der Waals surface area contributed by atoms with Crippen molar-refractivity contribution in [1.29, 1.82) is 0 Å². The minimum absolute atomic E-state index is 0.141. The van der Waals surface area contributed by atoms with E-state index in [1.807, 2.05) is 0 Å². The first-order valence-electron chi connectivity index (χ1n) is 11.6. The summed E-state index contributed by atoms with van der Waals surface area (Å²) in [5.74, 6) is 1.87. The fourth-order valence-corrected chi connectivity index (χ4v) is 7.75. The Kier molecular flexibility index (Phi) is 4.53. The monoisotopic (exact) mass is 400 g/mol. The zero-order valence-corrected chi connectivity index (χ0v) is 18.0. The van der Waals surface area contributed by atoms with Gasteiger partial charge < -0.3 is 15.3 Å². The maximum absolute atomic E-state index is 12.6. The van der Waals surface area contributed by atoms with Gasteiger partial charge in [-0.1, -0.05) is 25.6 Å². The molecule has 0 bridgehead atoms. The molecule has 2 unspecified atom stereocenters. The number of nitrogens with zero attached hydrogens (tertiary/aromatic N) is 1. The normalized spacial score (nSPS) is 50.9. The van der Waals surface area contributed by atoms with Crippen molar-refractivity contribution in [1.82, 2.24) is 5.32 Å². The van der Waals surface area contributed by atoms with Crippen LogP contribution in [0.4, 0.5) is 0 Å². The average Bonchev–Trinajstić information content (AvgIpc) is 3.31. The van der Waals surface area contributed by atoms with Gasteiger partial charge >= 0.3 is 0 Å². The molecule has 4 aliphatic carbocycles. The van der Waals surface area contributed by atoms with E-state index >= 15 is 0 Å². The van der Waals surface area contributed by atoms with Crippen LogP contribution in [0, 0.1) is 28.6 Å². The van der Waals surface area contributed by atoms with E-state index in [9.17, 15) is 9.90 Å². The number of rotatable bonds is 2. The van der Waals surface area contributed by atoms with Gasteiger partial charge in [-0.25, -0.2) is 0 Å². The number of ketones is 1. The molecular formula is C24H36N2O3. The second-order valence-electron chi connectivity index (χ2n) is 10.9. The molecule has 29 heavy (non-hydrogen) atoms. The molecule has 0 radical (unpaired) electrons. The van der Waals surface area contributed by atoms with Crippen LogP contribution in [0.1, 0.15) is 71.6 Å². The van der Waals surface area contributed by atoms with Crippen molar-refractivity contribution in [2.24, 2.45) is 33.7 Å². The third-order valence-electron chi connectivity index (χ3n) is 9.72. The molecule has 0 aromatic carbocycles. The van der Waals surface area contributed by atoms with Gasteiger partial charge in [-0.3, -0.25) is 4.79 Å². The predicted octanol–water partition coefficient (Wildman–Crippen LogP) is 3.61. The lowest BCUT2D eigenvalue weighted by Crippen LogP contribution is -2.63. The minimum atomic E-state index is -0.904. The van der Waals surface area contributed by atoms with Crippen LogP contribution in [0.5, 0.6) is 0 Å². The molecule has 160 valence electrons. The van der Waals surface area contributed by atoms with Crippen molar-refractivity contribution < 1.29 is 14.7 Å². The van der Waals surface area contributed by atoms with Gasteiger partial charge in [-0.2, -0.15) is 0 Å². The number of fused-ring (bicyclic) bond motifs is 5. The summed E-state index contributed by atoms with van der Waals surface area (Å²) >= 11 is 0. The first kappa shape index (κ1) is 19.7. The number of oxime groups is 1. The Labute approximate surface area is 174 Å². The van der Waals surface area contributed by atoms with E-state index in [2.05, 4.69) is 30.9 Å². The van der Waals surface area contributed by atoms with Crippen molar-refractivity contribution in [3.05, 3.63) is 12.2 Å². The number of Topliss-reactive ketones (excluding diaryl/α,β-unsaturated/α-hetero) is 1. The molecule has 4 saturated carbocycles. The lowest BCUT2D eigenvalue weighted by Gasteiger charge is -2.63. The molecule has 1 heterocycles. The number of carbonyl (C=O) groups excluding carboxylic acids is 1. The predicted molar refractivity (Wildman–Crippen MR) is 113 cm³/mol. The SMILES string of the molecule is C=C1C[C@@H]2[C@@H](CC[C@]3(C)C(=O)CC[C@@H]23)[C@@]2(C)CCC(=NOC3CCNC3)CC12O. The molecule has 5 aliphatic rings. The summed E-state index contributed by atoms with van der Waals surface area (Å²) < 4.78 is 0. The van der Waals surface area contributed by atoms with Crippen LogP contribution in [0.15, 0.2) is 17.3 Å². The van der Waals surface area contributed by atoms with E-state index in [0.29, 0.717) is 30.0 Å². The first-order chi connectivity index (χ1) is 13.8. The Morgan fingerprint density at radius 1 is 1.17 bits per heavy atom. The molecule has 0 amide bonds. The smallest absolute Gasteiger partial charge is 0.141 e. The van der Waals surface area contributed by atoms with E-state index in [1.54, 1.807) is 0 Å². The Hall–Kier alpha value is -1.20. The highest BCUT2D eigenvalue weighted by atomic mass is 16.6. The molecule has 0 spiro atoms. The Bertz CT molecular complexity index is 757. The average molecular weight is 401 g/mol. The second kappa shape index (κ2) is 6.65. The van der Waals surface area contributed by atoms with E-state index in [4.69, 9.17) is 4.84 Å². The van der Waals surface area contributed by atoms with Crippen LogP contribution in [0.2, 0.25) is 0 Å². The Balaban J connectivity index is 1.40. The fourth-order valence-electron chi connectivity index (χ4n) is 7.75. The molecular weight excluding hydrogens is 364 g/mol. The third-order valence-corrected chi connectivity index (χ3v) is 9.72. The van der Waals surface area contributed by atoms with Crippen molar-refractivity contribution in [3.63, 3.8) is 0 Å². The van der Waals surface area contributed by atoms with Gasteiger partial charge in [0.2, 0.25) is 0 Å². The molecule has 5 fully saturated rings. The van der Waals surface area contributed by atoms with Crippen molar-refractivity contribution in [2.75, 3.05) is 13.1 Å². The van der Waals surface area contributed by atoms with Gasteiger partial charge in [0.25, 0.3) is 0 Å². The van der Waals surface area contributed by atoms with Crippen LogP contribution < -0.4 is 5.32 Å². The van der Waals surface area contributed by atoms with Gasteiger partial charge in [0.15, 0.2) is 0 Å².